The number of ether oxygens (including phenoxy) is 1. The van der Waals surface area contributed by atoms with E-state index in [4.69, 9.17) is 4.74 Å². The monoisotopic (exact) mass is 478 g/mol. The highest BCUT2D eigenvalue weighted by Crippen LogP contribution is 2.29. The molecule has 0 saturated heterocycles. The highest BCUT2D eigenvalue weighted by molar-refractivity contribution is 7.91. The van der Waals surface area contributed by atoms with E-state index in [0.717, 1.165) is 12.1 Å². The van der Waals surface area contributed by atoms with Crippen LogP contribution in [0.2, 0.25) is 0 Å². The van der Waals surface area contributed by atoms with Crippen molar-refractivity contribution in [2.45, 2.75) is 23.3 Å². The predicted molar refractivity (Wildman–Crippen MR) is 111 cm³/mol. The van der Waals surface area contributed by atoms with Gasteiger partial charge in [-0.15, -0.1) is 0 Å². The van der Waals surface area contributed by atoms with Crippen molar-refractivity contribution < 1.29 is 35.9 Å². The van der Waals surface area contributed by atoms with Crippen molar-refractivity contribution in [2.75, 3.05) is 11.9 Å². The molecule has 0 aliphatic rings. The number of aromatic nitrogens is 1. The summed E-state index contributed by atoms with van der Waals surface area (Å²) in [5.74, 6) is -5.69. The number of rotatable bonds is 8. The number of halogens is 3. The molecule has 1 N–H and O–H groups in total. The molecule has 0 unspecified atom stereocenters. The molecule has 0 bridgehead atoms. The van der Waals surface area contributed by atoms with Gasteiger partial charge in [-0.2, -0.15) is 0 Å². The Labute approximate surface area is 187 Å². The first-order valence-corrected chi connectivity index (χ1v) is 11.0. The Bertz CT molecular complexity index is 1320. The number of ketones is 1. The number of benzene rings is 2. The molecule has 33 heavy (non-hydrogen) atoms. The molecule has 3 aromatic rings. The third-order valence-corrected chi connectivity index (χ3v) is 6.03. The van der Waals surface area contributed by atoms with Crippen molar-refractivity contribution in [2.24, 2.45) is 0 Å². The van der Waals surface area contributed by atoms with E-state index in [2.05, 4.69) is 10.3 Å². The van der Waals surface area contributed by atoms with Crippen LogP contribution < -0.4 is 5.32 Å². The van der Waals surface area contributed by atoms with Crippen LogP contribution in [0.4, 0.5) is 24.7 Å². The number of pyridine rings is 1. The molecule has 3 rings (SSSR count). The van der Waals surface area contributed by atoms with Crippen LogP contribution in [0.5, 0.6) is 0 Å². The van der Waals surface area contributed by atoms with Crippen LogP contribution in [0.3, 0.4) is 0 Å². The number of nitrogens with one attached hydrogen (secondary N) is 1. The number of carbonyl (C=O) groups is 2. The summed E-state index contributed by atoms with van der Waals surface area (Å²) in [6, 6.07) is 9.90. The maximum atomic E-state index is 14.9. The first-order valence-electron chi connectivity index (χ1n) is 9.55. The molecule has 0 spiro atoms. The van der Waals surface area contributed by atoms with E-state index in [1.165, 1.54) is 31.2 Å². The molecule has 0 amide bonds. The topological polar surface area (TPSA) is 102 Å². The van der Waals surface area contributed by atoms with Gasteiger partial charge in [-0.05, 0) is 37.3 Å². The number of anilines is 2. The number of sulfone groups is 1. The van der Waals surface area contributed by atoms with Crippen molar-refractivity contribution in [1.82, 2.24) is 4.98 Å². The summed E-state index contributed by atoms with van der Waals surface area (Å²) in [4.78, 5) is 27.8. The lowest BCUT2D eigenvalue weighted by molar-refractivity contribution is -0.141. The third kappa shape index (κ3) is 5.37. The van der Waals surface area contributed by atoms with E-state index in [0.29, 0.717) is 12.1 Å². The summed E-state index contributed by atoms with van der Waals surface area (Å²) in [5, 5.41) is 1.37. The minimum Gasteiger partial charge on any atom is -0.466 e. The predicted octanol–water partition coefficient (Wildman–Crippen LogP) is 4.21. The standard InChI is InChI=1S/C22H17F3N2O5S/c1-2-32-20(29)12-19(28)15-11-17(25)22(33(30,31)14-6-4-3-5-7-14)27-21(15)26-18-9-8-13(23)10-16(18)24/h3-11H,2,12H2,1H3,(H,26,27). The molecule has 1 heterocycles. The van der Waals surface area contributed by atoms with E-state index in [9.17, 15) is 31.2 Å². The average Bonchev–Trinajstić information content (AvgIpc) is 2.77. The van der Waals surface area contributed by atoms with E-state index in [-0.39, 0.29) is 17.2 Å². The molecule has 0 aliphatic carbocycles. The molecule has 0 saturated carbocycles. The maximum Gasteiger partial charge on any atom is 0.313 e. The quantitative estimate of drug-likeness (QED) is 0.294. The summed E-state index contributed by atoms with van der Waals surface area (Å²) >= 11 is 0. The summed E-state index contributed by atoms with van der Waals surface area (Å²) in [7, 11) is -4.46. The molecule has 2 aromatic carbocycles. The molecule has 0 atom stereocenters. The van der Waals surface area contributed by atoms with Gasteiger partial charge in [-0.3, -0.25) is 9.59 Å². The zero-order valence-corrected chi connectivity index (χ0v) is 18.0. The van der Waals surface area contributed by atoms with Gasteiger partial charge in [-0.25, -0.2) is 26.6 Å². The second-order valence-corrected chi connectivity index (χ2v) is 8.51. The third-order valence-electron chi connectivity index (χ3n) is 4.35. The van der Waals surface area contributed by atoms with Gasteiger partial charge in [0.25, 0.3) is 0 Å². The molecule has 1 aromatic heterocycles. The Kier molecular flexibility index (Phi) is 7.12. The molecule has 0 radical (unpaired) electrons. The average molecular weight is 478 g/mol. The zero-order valence-electron chi connectivity index (χ0n) is 17.1. The Morgan fingerprint density at radius 3 is 2.33 bits per heavy atom. The first-order chi connectivity index (χ1) is 15.6. The maximum absolute atomic E-state index is 14.9. The second-order valence-electron chi connectivity index (χ2n) is 6.64. The van der Waals surface area contributed by atoms with Crippen LogP contribution in [0, 0.1) is 17.5 Å². The van der Waals surface area contributed by atoms with E-state index in [1.54, 1.807) is 6.07 Å². The lowest BCUT2D eigenvalue weighted by Gasteiger charge is -2.14. The normalized spacial score (nSPS) is 11.2. The van der Waals surface area contributed by atoms with E-state index < -0.39 is 61.9 Å². The largest absolute Gasteiger partial charge is 0.466 e. The van der Waals surface area contributed by atoms with Gasteiger partial charge in [0.1, 0.15) is 23.9 Å². The van der Waals surface area contributed by atoms with Crippen LogP contribution in [0.15, 0.2) is 64.5 Å². The second kappa shape index (κ2) is 9.82. The molecular weight excluding hydrogens is 461 g/mol. The smallest absolute Gasteiger partial charge is 0.313 e. The number of hydrogen-bond acceptors (Lipinski definition) is 7. The van der Waals surface area contributed by atoms with Crippen molar-refractivity contribution in [3.8, 4) is 0 Å². The van der Waals surface area contributed by atoms with Gasteiger partial charge < -0.3 is 10.1 Å². The molecule has 0 aliphatic heterocycles. The van der Waals surface area contributed by atoms with Crippen LogP contribution in [0.1, 0.15) is 23.7 Å². The number of carbonyl (C=O) groups excluding carboxylic acids is 2. The van der Waals surface area contributed by atoms with Gasteiger partial charge in [-0.1, -0.05) is 18.2 Å². The lowest BCUT2D eigenvalue weighted by atomic mass is 10.1. The van der Waals surface area contributed by atoms with Gasteiger partial charge in [0.05, 0.1) is 22.8 Å². The number of esters is 1. The number of hydrogen-bond donors (Lipinski definition) is 1. The molecule has 0 fully saturated rings. The fourth-order valence-corrected chi connectivity index (χ4v) is 4.10. The Balaban J connectivity index is 2.14. The van der Waals surface area contributed by atoms with Crippen LogP contribution in [-0.2, 0) is 19.4 Å². The van der Waals surface area contributed by atoms with Crippen LogP contribution >= 0.6 is 0 Å². The molecule has 7 nitrogen and oxygen atoms in total. The molecule has 172 valence electrons. The SMILES string of the molecule is CCOC(=O)CC(=O)c1cc(F)c(S(=O)(=O)c2ccccc2)nc1Nc1ccc(F)cc1F. The Morgan fingerprint density at radius 1 is 1.00 bits per heavy atom. The lowest BCUT2D eigenvalue weighted by Crippen LogP contribution is -2.16. The van der Waals surface area contributed by atoms with Gasteiger partial charge in [0, 0.05) is 6.07 Å². The first kappa shape index (κ1) is 23.9. The van der Waals surface area contributed by atoms with Crippen LogP contribution in [-0.4, -0.2) is 31.8 Å². The van der Waals surface area contributed by atoms with E-state index >= 15 is 0 Å². The van der Waals surface area contributed by atoms with Gasteiger partial charge in [0.2, 0.25) is 9.84 Å². The van der Waals surface area contributed by atoms with Crippen molar-refractivity contribution >= 4 is 33.1 Å². The highest BCUT2D eigenvalue weighted by atomic mass is 32.2. The van der Waals surface area contributed by atoms with Crippen molar-refractivity contribution in [3.05, 3.63) is 77.6 Å². The highest BCUT2D eigenvalue weighted by Gasteiger charge is 2.28. The Morgan fingerprint density at radius 2 is 1.70 bits per heavy atom. The van der Waals surface area contributed by atoms with Crippen molar-refractivity contribution in [1.29, 1.82) is 0 Å². The number of nitrogens with zero attached hydrogens (tertiary/aromatic N) is 1. The summed E-state index contributed by atoms with van der Waals surface area (Å²) < 4.78 is 72.8. The summed E-state index contributed by atoms with van der Waals surface area (Å²) in [6.07, 6.45) is -0.791. The fourth-order valence-electron chi connectivity index (χ4n) is 2.84. The minimum atomic E-state index is -4.46. The van der Waals surface area contributed by atoms with Gasteiger partial charge >= 0.3 is 5.97 Å². The zero-order chi connectivity index (χ0) is 24.2. The van der Waals surface area contributed by atoms with Crippen LogP contribution in [0.25, 0.3) is 0 Å². The Hall–Kier alpha value is -3.73. The minimum absolute atomic E-state index is 0.00111. The van der Waals surface area contributed by atoms with Gasteiger partial charge in [0.15, 0.2) is 16.6 Å². The molecule has 11 heteroatoms. The fraction of sp³-hybridized carbons (Fsp3) is 0.136. The summed E-state index contributed by atoms with van der Waals surface area (Å²) in [6.45, 7) is 1.52. The molecular formula is C22H17F3N2O5S. The van der Waals surface area contributed by atoms with Crippen molar-refractivity contribution in [3.63, 3.8) is 0 Å². The number of Topliss-reactive ketones (excluding diaryl/α,β-unsaturated/α-hetero) is 1. The van der Waals surface area contributed by atoms with E-state index in [1.807, 2.05) is 0 Å². The summed E-state index contributed by atoms with van der Waals surface area (Å²) in [5.41, 5.74) is -0.875.